The summed E-state index contributed by atoms with van der Waals surface area (Å²) < 4.78 is 36.6. The fraction of sp³-hybridized carbons (Fsp3) is 0.250. The Morgan fingerprint density at radius 3 is 2.52 bits per heavy atom. The van der Waals surface area contributed by atoms with E-state index in [1.165, 1.54) is 35.5 Å². The number of H-pyrrole nitrogens is 1. The van der Waals surface area contributed by atoms with Gasteiger partial charge < -0.3 is 4.90 Å². The molecule has 2 rings (SSSR count). The van der Waals surface area contributed by atoms with Crippen molar-refractivity contribution in [2.24, 2.45) is 0 Å². The molecule has 9 heteroatoms. The maximum absolute atomic E-state index is 12.2. The molecule has 0 spiro atoms. The van der Waals surface area contributed by atoms with E-state index in [0.717, 1.165) is 0 Å². The van der Waals surface area contributed by atoms with Crippen molar-refractivity contribution >= 4 is 17.7 Å². The fourth-order valence-electron chi connectivity index (χ4n) is 1.62. The molecule has 0 saturated heterocycles. The molecule has 2 aromatic rings. The summed E-state index contributed by atoms with van der Waals surface area (Å²) in [5.41, 5.74) is -4.03. The van der Waals surface area contributed by atoms with Crippen LogP contribution in [0.3, 0.4) is 0 Å². The quantitative estimate of drug-likeness (QED) is 0.881. The second kappa shape index (κ2) is 6.17. The first-order valence-electron chi connectivity index (χ1n) is 5.80. The number of alkyl halides is 3. The summed E-state index contributed by atoms with van der Waals surface area (Å²) in [6.45, 7) is 0.234. The SMILES string of the molecule is CN(Cc1ncn[nH]1)C(=O)c1ccc(SC(F)(F)F)cc1. The molecule has 0 unspecified atom stereocenters. The first-order valence-corrected chi connectivity index (χ1v) is 6.62. The van der Waals surface area contributed by atoms with Gasteiger partial charge in [0.25, 0.3) is 5.91 Å². The van der Waals surface area contributed by atoms with Crippen molar-refractivity contribution < 1.29 is 18.0 Å². The Hall–Kier alpha value is -2.03. The molecule has 0 bridgehead atoms. The van der Waals surface area contributed by atoms with Gasteiger partial charge in [0.15, 0.2) is 0 Å². The van der Waals surface area contributed by atoms with E-state index in [9.17, 15) is 18.0 Å². The molecular formula is C12H11F3N4OS. The third-order valence-electron chi connectivity index (χ3n) is 2.53. The second-order valence-electron chi connectivity index (χ2n) is 4.17. The molecule has 5 nitrogen and oxygen atoms in total. The lowest BCUT2D eigenvalue weighted by Crippen LogP contribution is -2.26. The van der Waals surface area contributed by atoms with Crippen molar-refractivity contribution in [3.63, 3.8) is 0 Å². The van der Waals surface area contributed by atoms with Gasteiger partial charge in [-0.3, -0.25) is 9.89 Å². The highest BCUT2D eigenvalue weighted by molar-refractivity contribution is 8.00. The number of aromatic amines is 1. The molecule has 0 saturated carbocycles. The maximum atomic E-state index is 12.2. The van der Waals surface area contributed by atoms with Gasteiger partial charge in [-0.15, -0.1) is 0 Å². The summed E-state index contributed by atoms with van der Waals surface area (Å²) in [5, 5.41) is 6.30. The number of halogens is 3. The molecule has 1 heterocycles. The standard InChI is InChI=1S/C12H11F3N4OS/c1-19(6-10-16-7-17-18-10)11(20)8-2-4-9(5-3-8)21-12(13,14)15/h2-5,7H,6H2,1H3,(H,16,17,18). The molecule has 1 aromatic carbocycles. The van der Waals surface area contributed by atoms with Crippen LogP contribution in [0.15, 0.2) is 35.5 Å². The number of amides is 1. The maximum Gasteiger partial charge on any atom is 0.446 e. The summed E-state index contributed by atoms with van der Waals surface area (Å²) in [7, 11) is 1.57. The number of carbonyl (C=O) groups excluding carboxylic acids is 1. The number of thioether (sulfide) groups is 1. The minimum atomic E-state index is -4.34. The van der Waals surface area contributed by atoms with Gasteiger partial charge in [-0.05, 0) is 36.0 Å². The molecule has 1 amide bonds. The number of rotatable bonds is 4. The first kappa shape index (κ1) is 15.4. The zero-order chi connectivity index (χ0) is 15.5. The number of nitrogens with one attached hydrogen (secondary N) is 1. The summed E-state index contributed by atoms with van der Waals surface area (Å²) >= 11 is -0.215. The summed E-state index contributed by atoms with van der Waals surface area (Å²) in [4.78, 5) is 17.4. The third kappa shape index (κ3) is 4.48. The van der Waals surface area contributed by atoms with E-state index >= 15 is 0 Å². The van der Waals surface area contributed by atoms with Gasteiger partial charge in [0.2, 0.25) is 0 Å². The summed E-state index contributed by atoms with van der Waals surface area (Å²) in [6.07, 6.45) is 1.33. The lowest BCUT2D eigenvalue weighted by Gasteiger charge is -2.15. The lowest BCUT2D eigenvalue weighted by molar-refractivity contribution is -0.0328. The highest BCUT2D eigenvalue weighted by Gasteiger charge is 2.29. The summed E-state index contributed by atoms with van der Waals surface area (Å²) in [6, 6.07) is 5.28. The molecule has 0 radical (unpaired) electrons. The van der Waals surface area contributed by atoms with E-state index in [1.54, 1.807) is 7.05 Å². The Balaban J connectivity index is 2.02. The van der Waals surface area contributed by atoms with Crippen molar-refractivity contribution in [3.8, 4) is 0 Å². The van der Waals surface area contributed by atoms with Gasteiger partial charge in [0.05, 0.1) is 6.54 Å². The van der Waals surface area contributed by atoms with E-state index in [4.69, 9.17) is 0 Å². The molecule has 1 N–H and O–H groups in total. The van der Waals surface area contributed by atoms with Crippen molar-refractivity contribution in [1.29, 1.82) is 0 Å². The van der Waals surface area contributed by atoms with Gasteiger partial charge in [-0.1, -0.05) is 0 Å². The predicted molar refractivity (Wildman–Crippen MR) is 70.5 cm³/mol. The molecule has 21 heavy (non-hydrogen) atoms. The minimum Gasteiger partial charge on any atom is -0.334 e. The van der Waals surface area contributed by atoms with Crippen LogP contribution in [0.5, 0.6) is 0 Å². The lowest BCUT2D eigenvalue weighted by atomic mass is 10.2. The highest BCUT2D eigenvalue weighted by atomic mass is 32.2. The van der Waals surface area contributed by atoms with Gasteiger partial charge in [-0.2, -0.15) is 18.3 Å². The molecule has 112 valence electrons. The molecular weight excluding hydrogens is 305 g/mol. The largest absolute Gasteiger partial charge is 0.446 e. The van der Waals surface area contributed by atoms with E-state index in [0.29, 0.717) is 11.4 Å². The van der Waals surface area contributed by atoms with E-state index in [-0.39, 0.29) is 29.1 Å². The van der Waals surface area contributed by atoms with Gasteiger partial charge >= 0.3 is 5.51 Å². The van der Waals surface area contributed by atoms with E-state index in [2.05, 4.69) is 15.2 Å². The number of hydrogen-bond acceptors (Lipinski definition) is 4. The number of nitrogens with zero attached hydrogens (tertiary/aromatic N) is 3. The zero-order valence-electron chi connectivity index (χ0n) is 10.9. The van der Waals surface area contributed by atoms with Gasteiger partial charge in [0, 0.05) is 17.5 Å². The predicted octanol–water partition coefficient (Wildman–Crippen LogP) is 2.69. The van der Waals surface area contributed by atoms with Gasteiger partial charge in [-0.25, -0.2) is 4.98 Å². The normalized spacial score (nSPS) is 11.4. The Morgan fingerprint density at radius 1 is 1.33 bits per heavy atom. The van der Waals surface area contributed by atoms with Crippen molar-refractivity contribution in [1.82, 2.24) is 20.1 Å². The zero-order valence-corrected chi connectivity index (χ0v) is 11.7. The van der Waals surface area contributed by atoms with Crippen LogP contribution in [0.25, 0.3) is 0 Å². The number of benzene rings is 1. The van der Waals surface area contributed by atoms with Crippen LogP contribution >= 0.6 is 11.8 Å². The van der Waals surface area contributed by atoms with Crippen molar-refractivity contribution in [2.45, 2.75) is 16.9 Å². The highest BCUT2D eigenvalue weighted by Crippen LogP contribution is 2.36. The van der Waals surface area contributed by atoms with Crippen LogP contribution in [-0.4, -0.2) is 38.5 Å². The monoisotopic (exact) mass is 316 g/mol. The Morgan fingerprint density at radius 2 is 2.00 bits per heavy atom. The van der Waals surface area contributed by atoms with Crippen molar-refractivity contribution in [2.75, 3.05) is 7.05 Å². The third-order valence-corrected chi connectivity index (χ3v) is 3.27. The van der Waals surface area contributed by atoms with Crippen LogP contribution in [-0.2, 0) is 6.54 Å². The van der Waals surface area contributed by atoms with Gasteiger partial charge in [0.1, 0.15) is 12.2 Å². The van der Waals surface area contributed by atoms with E-state index in [1.807, 2.05) is 0 Å². The van der Waals surface area contributed by atoms with Crippen LogP contribution in [0.2, 0.25) is 0 Å². The second-order valence-corrected chi connectivity index (χ2v) is 5.30. The Kier molecular flexibility index (Phi) is 4.51. The fourth-order valence-corrected chi connectivity index (χ4v) is 2.16. The van der Waals surface area contributed by atoms with E-state index < -0.39 is 5.51 Å². The molecule has 0 aliphatic heterocycles. The summed E-state index contributed by atoms with van der Waals surface area (Å²) in [5.74, 6) is 0.213. The molecule has 0 fully saturated rings. The average Bonchev–Trinajstić information content (AvgIpc) is 2.90. The van der Waals surface area contributed by atoms with Crippen molar-refractivity contribution in [3.05, 3.63) is 42.0 Å². The minimum absolute atomic E-state index is 0.0388. The molecule has 0 aliphatic rings. The van der Waals surface area contributed by atoms with Crippen LogP contribution in [0, 0.1) is 0 Å². The average molecular weight is 316 g/mol. The molecule has 0 aliphatic carbocycles. The topological polar surface area (TPSA) is 61.9 Å². The van der Waals surface area contributed by atoms with Crippen LogP contribution < -0.4 is 0 Å². The number of hydrogen-bond donors (Lipinski definition) is 1. The Bertz CT molecular complexity index is 598. The molecule has 0 atom stereocenters. The van der Waals surface area contributed by atoms with Crippen LogP contribution in [0.1, 0.15) is 16.2 Å². The number of carbonyl (C=O) groups is 1. The molecule has 1 aromatic heterocycles. The smallest absolute Gasteiger partial charge is 0.334 e. The van der Waals surface area contributed by atoms with Crippen LogP contribution in [0.4, 0.5) is 13.2 Å². The Labute approximate surface area is 122 Å². The first-order chi connectivity index (χ1) is 9.85. The number of aromatic nitrogens is 3.